The van der Waals surface area contributed by atoms with Crippen LogP contribution in [-0.4, -0.2) is 161 Å². The molecule has 0 saturated carbocycles. The molecule has 1 aliphatic rings. The second-order valence-corrected chi connectivity index (χ2v) is 13.2. The highest BCUT2D eigenvalue weighted by Crippen LogP contribution is 2.08. The third kappa shape index (κ3) is 23.7. The van der Waals surface area contributed by atoms with E-state index in [1.807, 2.05) is 0 Å². The number of nitrogens with one attached hydrogen (secondary N) is 6. The van der Waals surface area contributed by atoms with Crippen LogP contribution in [0.3, 0.4) is 0 Å². The van der Waals surface area contributed by atoms with Crippen LogP contribution in [0.4, 0.5) is 0 Å². The number of nitrogens with zero attached hydrogens (tertiary/aromatic N) is 1. The fourth-order valence-electron chi connectivity index (χ4n) is 5.23. The number of aldehydes is 1. The standard InChI is InChI=1S/C39H57N7O14/c47-15-7-17-57-25-30(44-32(49)11-5-2-6-14-46-37(54)12-13-38(46)55)26-58-18-8-19-59-27-36(53)41-22-33(50)40-24-35(52)45-31(21-29-9-3-1-4-10-29)39(56)42-23-34(51)43-28-60-20-16-48/h1,3-4,9-10,12-13,16,30-31,47H,2,5-8,11,14-15,17-28H2,(H,40,50)(H,41,53)(H,42,56)(H,43,51)(H,44,49)(H,45,52)/t30?,31-/m0/s1. The lowest BCUT2D eigenvalue weighted by atomic mass is 10.1. The van der Waals surface area contributed by atoms with Gasteiger partial charge in [0.25, 0.3) is 11.8 Å². The normalized spacial score (nSPS) is 13.0. The van der Waals surface area contributed by atoms with Crippen molar-refractivity contribution in [2.75, 3.05) is 85.8 Å². The number of rotatable bonds is 34. The predicted molar refractivity (Wildman–Crippen MR) is 211 cm³/mol. The second-order valence-electron chi connectivity index (χ2n) is 13.2. The maximum atomic E-state index is 12.9. The molecule has 0 radical (unpaired) electrons. The minimum Gasteiger partial charge on any atom is -0.396 e. The average molecular weight is 848 g/mol. The first-order valence-electron chi connectivity index (χ1n) is 19.6. The maximum absolute atomic E-state index is 12.9. The largest absolute Gasteiger partial charge is 0.396 e. The lowest BCUT2D eigenvalue weighted by Gasteiger charge is -2.19. The van der Waals surface area contributed by atoms with Crippen molar-refractivity contribution in [2.24, 2.45) is 0 Å². The smallest absolute Gasteiger partial charge is 0.253 e. The fourth-order valence-corrected chi connectivity index (χ4v) is 5.23. The van der Waals surface area contributed by atoms with Crippen LogP contribution in [0.5, 0.6) is 0 Å². The van der Waals surface area contributed by atoms with E-state index >= 15 is 0 Å². The van der Waals surface area contributed by atoms with Gasteiger partial charge in [0.15, 0.2) is 0 Å². The van der Waals surface area contributed by atoms with E-state index in [-0.39, 0.29) is 83.5 Å². The molecule has 60 heavy (non-hydrogen) atoms. The van der Waals surface area contributed by atoms with Gasteiger partial charge in [-0.05, 0) is 31.2 Å². The summed E-state index contributed by atoms with van der Waals surface area (Å²) in [6, 6.07) is 7.28. The summed E-state index contributed by atoms with van der Waals surface area (Å²) in [7, 11) is 0. The van der Waals surface area contributed by atoms with E-state index in [2.05, 4.69) is 31.9 Å². The number of aliphatic hydroxyl groups excluding tert-OH is 1. The molecule has 2 atom stereocenters. The molecule has 1 aromatic rings. The van der Waals surface area contributed by atoms with Crippen molar-refractivity contribution in [1.82, 2.24) is 36.8 Å². The summed E-state index contributed by atoms with van der Waals surface area (Å²) in [4.78, 5) is 109. The molecule has 1 aliphatic heterocycles. The topological polar surface area (TPSA) is 286 Å². The Morgan fingerprint density at radius 1 is 0.667 bits per heavy atom. The zero-order valence-electron chi connectivity index (χ0n) is 33.6. The Morgan fingerprint density at radius 2 is 1.30 bits per heavy atom. The van der Waals surface area contributed by atoms with E-state index in [1.165, 1.54) is 12.2 Å². The van der Waals surface area contributed by atoms with Crippen LogP contribution in [0.1, 0.15) is 44.1 Å². The Balaban J connectivity index is 1.62. The molecule has 0 saturated heterocycles. The van der Waals surface area contributed by atoms with E-state index in [4.69, 9.17) is 24.1 Å². The van der Waals surface area contributed by atoms with Crippen molar-refractivity contribution < 1.29 is 67.2 Å². The highest BCUT2D eigenvalue weighted by atomic mass is 16.5. The van der Waals surface area contributed by atoms with Crippen molar-refractivity contribution in [3.05, 3.63) is 48.0 Å². The van der Waals surface area contributed by atoms with Crippen LogP contribution >= 0.6 is 0 Å². The molecule has 1 heterocycles. The van der Waals surface area contributed by atoms with Crippen molar-refractivity contribution in [2.45, 2.75) is 57.0 Å². The minimum atomic E-state index is -1.09. The SMILES string of the molecule is O=CCOCNC(=O)CNC(=O)[C@H](Cc1ccccc1)NC(=O)CNC(=O)CNC(=O)COCCCOCC(COCCCO)NC(=O)CCCCCN1C(=O)C=CC1=O. The number of aliphatic hydroxyl groups is 1. The predicted octanol–water partition coefficient (Wildman–Crippen LogP) is -2.86. The highest BCUT2D eigenvalue weighted by Gasteiger charge is 2.23. The first kappa shape index (κ1) is 50.5. The van der Waals surface area contributed by atoms with Crippen molar-refractivity contribution in [3.63, 3.8) is 0 Å². The van der Waals surface area contributed by atoms with Crippen LogP contribution in [0.25, 0.3) is 0 Å². The Kier molecular flexibility index (Phi) is 26.4. The molecule has 332 valence electrons. The minimum absolute atomic E-state index is 0.0306. The lowest BCUT2D eigenvalue weighted by molar-refractivity contribution is -0.137. The van der Waals surface area contributed by atoms with Crippen LogP contribution < -0.4 is 31.9 Å². The van der Waals surface area contributed by atoms with Crippen LogP contribution in [0.15, 0.2) is 42.5 Å². The molecular formula is C39H57N7O14. The monoisotopic (exact) mass is 847 g/mol. The zero-order valence-corrected chi connectivity index (χ0v) is 33.6. The van der Waals surface area contributed by atoms with Gasteiger partial charge in [0.1, 0.15) is 32.3 Å². The average Bonchev–Trinajstić information content (AvgIpc) is 3.56. The Hall–Kier alpha value is -5.61. The number of benzene rings is 1. The van der Waals surface area contributed by atoms with Gasteiger partial charge in [-0.3, -0.25) is 43.3 Å². The summed E-state index contributed by atoms with van der Waals surface area (Å²) in [6.07, 6.45) is 5.98. The highest BCUT2D eigenvalue weighted by molar-refractivity contribution is 6.12. The molecule has 7 N–H and O–H groups in total. The number of unbranched alkanes of at least 4 members (excludes halogenated alkanes) is 2. The molecule has 2 rings (SSSR count). The van der Waals surface area contributed by atoms with Gasteiger partial charge >= 0.3 is 0 Å². The van der Waals surface area contributed by atoms with Crippen LogP contribution in [-0.2, 0) is 68.5 Å². The molecule has 21 nitrogen and oxygen atoms in total. The molecular weight excluding hydrogens is 790 g/mol. The summed E-state index contributed by atoms with van der Waals surface area (Å²) in [5.74, 6) is -4.04. The van der Waals surface area contributed by atoms with Crippen LogP contribution in [0.2, 0.25) is 0 Å². The molecule has 0 aromatic heterocycles. The van der Waals surface area contributed by atoms with Crippen molar-refractivity contribution in [3.8, 4) is 0 Å². The van der Waals surface area contributed by atoms with Crippen LogP contribution in [0, 0.1) is 0 Å². The third-order valence-electron chi connectivity index (χ3n) is 8.25. The van der Waals surface area contributed by atoms with E-state index in [1.54, 1.807) is 30.3 Å². The number of ether oxygens (including phenoxy) is 4. The van der Waals surface area contributed by atoms with Gasteiger partial charge in [0.2, 0.25) is 35.4 Å². The summed E-state index contributed by atoms with van der Waals surface area (Å²) in [5.41, 5.74) is 0.727. The third-order valence-corrected chi connectivity index (χ3v) is 8.25. The van der Waals surface area contributed by atoms with Gasteiger partial charge in [-0.2, -0.15) is 0 Å². The first-order chi connectivity index (χ1) is 29.0. The van der Waals surface area contributed by atoms with E-state index in [0.717, 1.165) is 10.5 Å². The van der Waals surface area contributed by atoms with Gasteiger partial charge in [-0.25, -0.2) is 0 Å². The molecule has 0 aliphatic carbocycles. The molecule has 1 aromatic carbocycles. The number of imide groups is 1. The van der Waals surface area contributed by atoms with Crippen molar-refractivity contribution in [1.29, 1.82) is 0 Å². The maximum Gasteiger partial charge on any atom is 0.253 e. The zero-order chi connectivity index (χ0) is 43.8. The van der Waals surface area contributed by atoms with Crippen molar-refractivity contribution >= 4 is 53.5 Å². The second kappa shape index (κ2) is 31.3. The molecule has 0 spiro atoms. The molecule has 8 amide bonds. The number of carbonyl (C=O) groups is 9. The van der Waals surface area contributed by atoms with Gasteiger partial charge in [-0.15, -0.1) is 0 Å². The molecule has 0 fully saturated rings. The quantitative estimate of drug-likeness (QED) is 0.0159. The van der Waals surface area contributed by atoms with Gasteiger partial charge in [0, 0.05) is 58.0 Å². The number of hydrogen-bond donors (Lipinski definition) is 7. The van der Waals surface area contributed by atoms with E-state index < -0.39 is 61.3 Å². The summed E-state index contributed by atoms with van der Waals surface area (Å²) >= 11 is 0. The first-order valence-corrected chi connectivity index (χ1v) is 19.6. The van der Waals surface area contributed by atoms with Gasteiger partial charge < -0.3 is 60.7 Å². The Bertz CT molecular complexity index is 1540. The number of carbonyl (C=O) groups excluding carboxylic acids is 9. The van der Waals surface area contributed by atoms with E-state index in [0.29, 0.717) is 51.5 Å². The van der Waals surface area contributed by atoms with E-state index in [9.17, 15) is 43.2 Å². The summed E-state index contributed by atoms with van der Waals surface area (Å²) < 4.78 is 21.4. The van der Waals surface area contributed by atoms with Gasteiger partial charge in [-0.1, -0.05) is 36.8 Å². The molecule has 1 unspecified atom stereocenters. The Labute approximate surface area is 348 Å². The lowest BCUT2D eigenvalue weighted by Crippen LogP contribution is -2.52. The van der Waals surface area contributed by atoms with Gasteiger partial charge in [0.05, 0.1) is 38.9 Å². The molecule has 0 bridgehead atoms. The summed E-state index contributed by atoms with van der Waals surface area (Å²) in [6.45, 7) is -0.819. The number of amides is 8. The fraction of sp³-hybridized carbons (Fsp3) is 0.564. The summed E-state index contributed by atoms with van der Waals surface area (Å²) in [5, 5.41) is 23.9. The number of hydrogen-bond acceptors (Lipinski definition) is 14. The molecule has 21 heteroatoms. The Morgan fingerprint density at radius 3 is 2.00 bits per heavy atom.